The van der Waals surface area contributed by atoms with Gasteiger partial charge in [-0.2, -0.15) is 0 Å². The molecule has 0 aliphatic rings. The van der Waals surface area contributed by atoms with Gasteiger partial charge in [-0.1, -0.05) is 39.7 Å². The van der Waals surface area contributed by atoms with Gasteiger partial charge in [0.2, 0.25) is 0 Å². The molecule has 0 bridgehead atoms. The SMILES string of the molecule is CNC(Cc1ccc(OC)cc1)c1cc(Cl)cc(Br)c1. The van der Waals surface area contributed by atoms with Crippen LogP contribution in [0.3, 0.4) is 0 Å². The Kier molecular flexibility index (Phi) is 5.46. The number of benzene rings is 2. The van der Waals surface area contributed by atoms with Gasteiger partial charge in [0, 0.05) is 15.5 Å². The van der Waals surface area contributed by atoms with E-state index in [1.807, 2.05) is 31.3 Å². The Morgan fingerprint density at radius 1 is 1.20 bits per heavy atom. The molecule has 1 unspecified atom stereocenters. The largest absolute Gasteiger partial charge is 0.497 e. The van der Waals surface area contributed by atoms with Gasteiger partial charge in [0.05, 0.1) is 7.11 Å². The lowest BCUT2D eigenvalue weighted by Gasteiger charge is -2.18. The fourth-order valence-electron chi connectivity index (χ4n) is 2.16. The zero-order valence-corrected chi connectivity index (χ0v) is 13.8. The molecule has 0 saturated carbocycles. The minimum atomic E-state index is 0.221. The van der Waals surface area contributed by atoms with E-state index in [9.17, 15) is 0 Å². The van der Waals surface area contributed by atoms with E-state index >= 15 is 0 Å². The lowest BCUT2D eigenvalue weighted by molar-refractivity contribution is 0.414. The molecule has 0 heterocycles. The third kappa shape index (κ3) is 3.98. The second kappa shape index (κ2) is 7.11. The van der Waals surface area contributed by atoms with E-state index in [0.29, 0.717) is 0 Å². The number of hydrogen-bond donors (Lipinski definition) is 1. The summed E-state index contributed by atoms with van der Waals surface area (Å²) in [5.74, 6) is 0.875. The van der Waals surface area contributed by atoms with Gasteiger partial charge < -0.3 is 10.1 Å². The van der Waals surface area contributed by atoms with Crippen LogP contribution in [0.5, 0.6) is 5.75 Å². The van der Waals surface area contributed by atoms with Gasteiger partial charge >= 0.3 is 0 Å². The minimum absolute atomic E-state index is 0.221. The molecule has 0 fully saturated rings. The number of methoxy groups -OCH3 is 1. The predicted molar refractivity (Wildman–Crippen MR) is 87.7 cm³/mol. The van der Waals surface area contributed by atoms with Crippen molar-refractivity contribution in [3.63, 3.8) is 0 Å². The first-order valence-electron chi connectivity index (χ1n) is 6.38. The van der Waals surface area contributed by atoms with Crippen molar-refractivity contribution < 1.29 is 4.74 Å². The number of ether oxygens (including phenoxy) is 1. The Morgan fingerprint density at radius 3 is 2.45 bits per heavy atom. The van der Waals surface area contributed by atoms with Crippen LogP contribution >= 0.6 is 27.5 Å². The maximum absolute atomic E-state index is 6.12. The highest BCUT2D eigenvalue weighted by Crippen LogP contribution is 2.26. The van der Waals surface area contributed by atoms with Crippen molar-refractivity contribution in [3.05, 3.63) is 63.1 Å². The predicted octanol–water partition coefficient (Wildman–Crippen LogP) is 4.61. The Balaban J connectivity index is 2.19. The maximum atomic E-state index is 6.12. The van der Waals surface area contributed by atoms with Crippen LogP contribution in [-0.2, 0) is 6.42 Å². The molecule has 2 aromatic carbocycles. The zero-order chi connectivity index (χ0) is 14.5. The molecule has 2 nitrogen and oxygen atoms in total. The van der Waals surface area contributed by atoms with Gasteiger partial charge in [-0.15, -0.1) is 0 Å². The lowest BCUT2D eigenvalue weighted by atomic mass is 9.99. The van der Waals surface area contributed by atoms with Gasteiger partial charge in [-0.25, -0.2) is 0 Å². The summed E-state index contributed by atoms with van der Waals surface area (Å²) >= 11 is 9.61. The summed E-state index contributed by atoms with van der Waals surface area (Å²) in [7, 11) is 3.64. The molecule has 1 N–H and O–H groups in total. The van der Waals surface area contributed by atoms with Crippen LogP contribution < -0.4 is 10.1 Å². The Labute approximate surface area is 133 Å². The molecule has 0 saturated heterocycles. The van der Waals surface area contributed by atoms with Crippen molar-refractivity contribution in [2.45, 2.75) is 12.5 Å². The van der Waals surface area contributed by atoms with E-state index < -0.39 is 0 Å². The molecule has 20 heavy (non-hydrogen) atoms. The Bertz CT molecular complexity index is 551. The summed E-state index contributed by atoms with van der Waals surface area (Å²) in [6.45, 7) is 0. The molecule has 0 aliphatic carbocycles. The summed E-state index contributed by atoms with van der Waals surface area (Å²) in [5.41, 5.74) is 2.42. The lowest BCUT2D eigenvalue weighted by Crippen LogP contribution is -2.18. The maximum Gasteiger partial charge on any atom is 0.118 e. The highest BCUT2D eigenvalue weighted by molar-refractivity contribution is 9.10. The van der Waals surface area contributed by atoms with Crippen LogP contribution in [0.25, 0.3) is 0 Å². The summed E-state index contributed by atoms with van der Waals surface area (Å²) < 4.78 is 6.17. The van der Waals surface area contributed by atoms with E-state index in [0.717, 1.165) is 21.7 Å². The van der Waals surface area contributed by atoms with Gasteiger partial charge in [0.25, 0.3) is 0 Å². The Morgan fingerprint density at radius 2 is 1.90 bits per heavy atom. The molecular weight excluding hydrogens is 338 g/mol. The smallest absolute Gasteiger partial charge is 0.118 e. The summed E-state index contributed by atoms with van der Waals surface area (Å²) in [6.07, 6.45) is 0.896. The highest BCUT2D eigenvalue weighted by atomic mass is 79.9. The van der Waals surface area contributed by atoms with Crippen LogP contribution in [-0.4, -0.2) is 14.2 Å². The Hall–Kier alpha value is -1.03. The van der Waals surface area contributed by atoms with Gasteiger partial charge in [-0.05, 0) is 54.9 Å². The molecular formula is C16H17BrClNO. The summed E-state index contributed by atoms with van der Waals surface area (Å²) in [6, 6.07) is 14.3. The molecule has 4 heteroatoms. The fourth-order valence-corrected chi connectivity index (χ4v) is 3.05. The van der Waals surface area contributed by atoms with E-state index in [-0.39, 0.29) is 6.04 Å². The number of rotatable bonds is 5. The topological polar surface area (TPSA) is 21.3 Å². The van der Waals surface area contributed by atoms with Crippen LogP contribution in [0.2, 0.25) is 5.02 Å². The van der Waals surface area contributed by atoms with Crippen molar-refractivity contribution >= 4 is 27.5 Å². The molecule has 0 radical (unpaired) electrons. The first kappa shape index (κ1) is 15.4. The molecule has 2 aromatic rings. The monoisotopic (exact) mass is 353 g/mol. The average Bonchev–Trinajstić information content (AvgIpc) is 2.44. The quantitative estimate of drug-likeness (QED) is 0.846. The van der Waals surface area contributed by atoms with Crippen molar-refractivity contribution in [1.82, 2.24) is 5.32 Å². The molecule has 0 aliphatic heterocycles. The van der Waals surface area contributed by atoms with Crippen LogP contribution in [0.15, 0.2) is 46.9 Å². The molecule has 1 atom stereocenters. The number of likely N-dealkylation sites (N-methyl/N-ethyl adjacent to an activating group) is 1. The number of nitrogens with one attached hydrogen (secondary N) is 1. The molecule has 0 spiro atoms. The third-order valence-corrected chi connectivity index (χ3v) is 3.91. The number of hydrogen-bond acceptors (Lipinski definition) is 2. The standard InChI is InChI=1S/C16H17BrClNO/c1-19-16(12-8-13(17)10-14(18)9-12)7-11-3-5-15(20-2)6-4-11/h3-6,8-10,16,19H,7H2,1-2H3. The van der Waals surface area contributed by atoms with Crippen molar-refractivity contribution in [2.24, 2.45) is 0 Å². The fraction of sp³-hybridized carbons (Fsp3) is 0.250. The van der Waals surface area contributed by atoms with Crippen molar-refractivity contribution in [2.75, 3.05) is 14.2 Å². The summed E-state index contributed by atoms with van der Waals surface area (Å²) in [5, 5.41) is 4.08. The minimum Gasteiger partial charge on any atom is -0.497 e. The number of halogens is 2. The van der Waals surface area contributed by atoms with Crippen molar-refractivity contribution in [3.8, 4) is 5.75 Å². The van der Waals surface area contributed by atoms with E-state index in [1.165, 1.54) is 11.1 Å². The van der Waals surface area contributed by atoms with E-state index in [2.05, 4.69) is 39.4 Å². The zero-order valence-electron chi connectivity index (χ0n) is 11.5. The average molecular weight is 355 g/mol. The van der Waals surface area contributed by atoms with Crippen LogP contribution in [0.1, 0.15) is 17.2 Å². The highest BCUT2D eigenvalue weighted by Gasteiger charge is 2.11. The molecule has 0 amide bonds. The van der Waals surface area contributed by atoms with E-state index in [1.54, 1.807) is 7.11 Å². The second-order valence-corrected chi connectivity index (χ2v) is 5.95. The van der Waals surface area contributed by atoms with Crippen molar-refractivity contribution in [1.29, 1.82) is 0 Å². The first-order chi connectivity index (χ1) is 9.62. The van der Waals surface area contributed by atoms with Gasteiger partial charge in [-0.3, -0.25) is 0 Å². The molecule has 2 rings (SSSR count). The third-order valence-electron chi connectivity index (χ3n) is 3.23. The second-order valence-electron chi connectivity index (χ2n) is 4.60. The summed E-state index contributed by atoms with van der Waals surface area (Å²) in [4.78, 5) is 0. The van der Waals surface area contributed by atoms with Gasteiger partial charge in [0.15, 0.2) is 0 Å². The van der Waals surface area contributed by atoms with E-state index in [4.69, 9.17) is 16.3 Å². The van der Waals surface area contributed by atoms with Crippen LogP contribution in [0.4, 0.5) is 0 Å². The van der Waals surface area contributed by atoms with Crippen LogP contribution in [0, 0.1) is 0 Å². The van der Waals surface area contributed by atoms with Gasteiger partial charge in [0.1, 0.15) is 5.75 Å². The normalized spacial score (nSPS) is 12.2. The molecule has 106 valence electrons. The molecule has 0 aromatic heterocycles. The first-order valence-corrected chi connectivity index (χ1v) is 7.55.